The van der Waals surface area contributed by atoms with Crippen molar-refractivity contribution in [2.75, 3.05) is 5.32 Å². The summed E-state index contributed by atoms with van der Waals surface area (Å²) in [7, 11) is 0. The number of urea groups is 1. The first-order valence-electron chi connectivity index (χ1n) is 6.00. The molecule has 0 aliphatic heterocycles. The zero-order chi connectivity index (χ0) is 13.7. The predicted octanol–water partition coefficient (Wildman–Crippen LogP) is 3.97. The molecule has 2 aromatic carbocycles. The summed E-state index contributed by atoms with van der Waals surface area (Å²) in [5.74, 6) is 0. The van der Waals surface area contributed by atoms with Crippen LogP contribution in [0, 0.1) is 6.92 Å². The zero-order valence-corrected chi connectivity index (χ0v) is 11.4. The number of aryl methyl sites for hydroxylation is 1. The van der Waals surface area contributed by atoms with Gasteiger partial charge in [-0.15, -0.1) is 0 Å². The number of amides is 2. The molecule has 4 heteroatoms. The molecule has 0 heterocycles. The molecule has 98 valence electrons. The molecular weight excluding hydrogens is 260 g/mol. The Labute approximate surface area is 117 Å². The van der Waals surface area contributed by atoms with Crippen LogP contribution in [0.4, 0.5) is 10.5 Å². The van der Waals surface area contributed by atoms with Gasteiger partial charge in [0, 0.05) is 17.3 Å². The van der Waals surface area contributed by atoms with E-state index in [-0.39, 0.29) is 6.03 Å². The standard InChI is InChI=1S/C15H15ClN2O/c1-11-5-2-3-8-14(11)18-15(19)17-10-12-6-4-7-13(16)9-12/h2-9H,10H2,1H3,(H2,17,18,19). The van der Waals surface area contributed by atoms with Crippen LogP contribution in [0.2, 0.25) is 5.02 Å². The lowest BCUT2D eigenvalue weighted by atomic mass is 10.2. The molecular formula is C15H15ClN2O. The van der Waals surface area contributed by atoms with Crippen LogP contribution in [-0.4, -0.2) is 6.03 Å². The molecule has 0 fully saturated rings. The Morgan fingerprint density at radius 2 is 1.95 bits per heavy atom. The van der Waals surface area contributed by atoms with Crippen molar-refractivity contribution in [3.8, 4) is 0 Å². The fraction of sp³-hybridized carbons (Fsp3) is 0.133. The number of hydrogen-bond acceptors (Lipinski definition) is 1. The number of rotatable bonds is 3. The van der Waals surface area contributed by atoms with Gasteiger partial charge in [0.1, 0.15) is 0 Å². The maximum absolute atomic E-state index is 11.8. The van der Waals surface area contributed by atoms with E-state index in [1.54, 1.807) is 6.07 Å². The minimum Gasteiger partial charge on any atom is -0.334 e. The summed E-state index contributed by atoms with van der Waals surface area (Å²) >= 11 is 5.88. The fourth-order valence-corrected chi connectivity index (χ4v) is 1.92. The lowest BCUT2D eigenvalue weighted by Crippen LogP contribution is -2.28. The molecule has 2 aromatic rings. The summed E-state index contributed by atoms with van der Waals surface area (Å²) in [4.78, 5) is 11.8. The van der Waals surface area contributed by atoms with Crippen LogP contribution in [0.5, 0.6) is 0 Å². The highest BCUT2D eigenvalue weighted by Crippen LogP contribution is 2.13. The molecule has 0 aliphatic rings. The quantitative estimate of drug-likeness (QED) is 0.874. The van der Waals surface area contributed by atoms with Crippen LogP contribution in [0.15, 0.2) is 48.5 Å². The summed E-state index contributed by atoms with van der Waals surface area (Å²) in [5, 5.41) is 6.27. The SMILES string of the molecule is Cc1ccccc1NC(=O)NCc1cccc(Cl)c1. The van der Waals surface area contributed by atoms with Gasteiger partial charge in [-0.1, -0.05) is 41.9 Å². The summed E-state index contributed by atoms with van der Waals surface area (Å²) in [6.07, 6.45) is 0. The van der Waals surface area contributed by atoms with Crippen LogP contribution in [0.25, 0.3) is 0 Å². The lowest BCUT2D eigenvalue weighted by Gasteiger charge is -2.09. The van der Waals surface area contributed by atoms with Gasteiger partial charge in [-0.05, 0) is 36.2 Å². The first-order chi connectivity index (χ1) is 9.15. The van der Waals surface area contributed by atoms with E-state index in [1.807, 2.05) is 49.4 Å². The summed E-state index contributed by atoms with van der Waals surface area (Å²) in [6, 6.07) is 14.8. The van der Waals surface area contributed by atoms with Gasteiger partial charge >= 0.3 is 6.03 Å². The van der Waals surface area contributed by atoms with E-state index in [2.05, 4.69) is 10.6 Å². The van der Waals surface area contributed by atoms with Crippen molar-refractivity contribution in [1.29, 1.82) is 0 Å². The molecule has 0 saturated carbocycles. The molecule has 2 rings (SSSR count). The van der Waals surface area contributed by atoms with E-state index < -0.39 is 0 Å². The number of para-hydroxylation sites is 1. The van der Waals surface area contributed by atoms with E-state index in [0.29, 0.717) is 11.6 Å². The highest BCUT2D eigenvalue weighted by molar-refractivity contribution is 6.30. The number of anilines is 1. The second-order valence-corrected chi connectivity index (χ2v) is 4.69. The van der Waals surface area contributed by atoms with E-state index in [4.69, 9.17) is 11.6 Å². The Balaban J connectivity index is 1.90. The van der Waals surface area contributed by atoms with Gasteiger partial charge in [-0.2, -0.15) is 0 Å². The minimum absolute atomic E-state index is 0.228. The number of carbonyl (C=O) groups is 1. The van der Waals surface area contributed by atoms with Gasteiger partial charge in [0.15, 0.2) is 0 Å². The highest BCUT2D eigenvalue weighted by atomic mass is 35.5. The molecule has 2 N–H and O–H groups in total. The Bertz CT molecular complexity index is 584. The van der Waals surface area contributed by atoms with Crippen LogP contribution in [0.1, 0.15) is 11.1 Å². The number of benzene rings is 2. The van der Waals surface area contributed by atoms with Crippen molar-refractivity contribution in [3.05, 3.63) is 64.7 Å². The maximum Gasteiger partial charge on any atom is 0.319 e. The fourth-order valence-electron chi connectivity index (χ4n) is 1.71. The average Bonchev–Trinajstić information content (AvgIpc) is 2.39. The molecule has 0 spiro atoms. The Morgan fingerprint density at radius 1 is 1.16 bits per heavy atom. The van der Waals surface area contributed by atoms with Crippen LogP contribution < -0.4 is 10.6 Å². The number of carbonyl (C=O) groups excluding carboxylic acids is 1. The first kappa shape index (κ1) is 13.4. The third kappa shape index (κ3) is 4.00. The largest absolute Gasteiger partial charge is 0.334 e. The Kier molecular flexibility index (Phi) is 4.42. The summed E-state index contributed by atoms with van der Waals surface area (Å²) < 4.78 is 0. The molecule has 0 aliphatic carbocycles. The second-order valence-electron chi connectivity index (χ2n) is 4.25. The van der Waals surface area contributed by atoms with E-state index in [0.717, 1.165) is 16.8 Å². The van der Waals surface area contributed by atoms with Gasteiger partial charge in [0.2, 0.25) is 0 Å². The molecule has 0 unspecified atom stereocenters. The number of halogens is 1. The van der Waals surface area contributed by atoms with E-state index in [9.17, 15) is 4.79 Å². The smallest absolute Gasteiger partial charge is 0.319 e. The van der Waals surface area contributed by atoms with Crippen molar-refractivity contribution in [1.82, 2.24) is 5.32 Å². The number of nitrogens with one attached hydrogen (secondary N) is 2. The monoisotopic (exact) mass is 274 g/mol. The Morgan fingerprint density at radius 3 is 2.68 bits per heavy atom. The summed E-state index contributed by atoms with van der Waals surface area (Å²) in [5.41, 5.74) is 2.80. The topological polar surface area (TPSA) is 41.1 Å². The van der Waals surface area contributed by atoms with E-state index >= 15 is 0 Å². The zero-order valence-electron chi connectivity index (χ0n) is 10.6. The van der Waals surface area contributed by atoms with Crippen LogP contribution in [-0.2, 0) is 6.54 Å². The molecule has 0 atom stereocenters. The van der Waals surface area contributed by atoms with Crippen molar-refractivity contribution in [3.63, 3.8) is 0 Å². The second kappa shape index (κ2) is 6.25. The normalized spacial score (nSPS) is 10.0. The van der Waals surface area contributed by atoms with Crippen LogP contribution in [0.3, 0.4) is 0 Å². The maximum atomic E-state index is 11.8. The third-order valence-corrected chi connectivity index (χ3v) is 2.97. The molecule has 0 radical (unpaired) electrons. The van der Waals surface area contributed by atoms with Crippen LogP contribution >= 0.6 is 11.6 Å². The summed E-state index contributed by atoms with van der Waals surface area (Å²) in [6.45, 7) is 2.39. The molecule has 3 nitrogen and oxygen atoms in total. The van der Waals surface area contributed by atoms with Gasteiger partial charge in [0.05, 0.1) is 0 Å². The number of hydrogen-bond donors (Lipinski definition) is 2. The van der Waals surface area contributed by atoms with Crippen molar-refractivity contribution >= 4 is 23.3 Å². The molecule has 2 amide bonds. The van der Waals surface area contributed by atoms with Crippen molar-refractivity contribution in [2.24, 2.45) is 0 Å². The predicted molar refractivity (Wildman–Crippen MR) is 78.5 cm³/mol. The highest BCUT2D eigenvalue weighted by Gasteiger charge is 2.03. The van der Waals surface area contributed by atoms with Crippen molar-refractivity contribution < 1.29 is 4.79 Å². The van der Waals surface area contributed by atoms with Crippen molar-refractivity contribution in [2.45, 2.75) is 13.5 Å². The third-order valence-electron chi connectivity index (χ3n) is 2.74. The van der Waals surface area contributed by atoms with Gasteiger partial charge in [0.25, 0.3) is 0 Å². The molecule has 0 saturated heterocycles. The lowest BCUT2D eigenvalue weighted by molar-refractivity contribution is 0.251. The van der Waals surface area contributed by atoms with E-state index in [1.165, 1.54) is 0 Å². The minimum atomic E-state index is -0.228. The molecule has 0 bridgehead atoms. The van der Waals surface area contributed by atoms with Gasteiger partial charge in [-0.25, -0.2) is 4.79 Å². The first-order valence-corrected chi connectivity index (χ1v) is 6.38. The average molecular weight is 275 g/mol. The molecule has 19 heavy (non-hydrogen) atoms. The van der Waals surface area contributed by atoms with Gasteiger partial charge in [-0.3, -0.25) is 0 Å². The molecule has 0 aromatic heterocycles. The van der Waals surface area contributed by atoms with Gasteiger partial charge < -0.3 is 10.6 Å². The Hall–Kier alpha value is -2.00.